The topological polar surface area (TPSA) is 55.6 Å². The number of hydrogen-bond donors (Lipinski definition) is 1. The Labute approximate surface area is 99.8 Å². The van der Waals surface area contributed by atoms with Crippen LogP contribution in [-0.2, 0) is 0 Å². The molecule has 0 atom stereocenters. The maximum Gasteiger partial charge on any atom is 0.178 e. The molecule has 1 N–H and O–H groups in total. The first-order valence-electron chi connectivity index (χ1n) is 5.99. The van der Waals surface area contributed by atoms with Crippen LogP contribution in [-0.4, -0.2) is 33.3 Å². The third kappa shape index (κ3) is 2.19. The van der Waals surface area contributed by atoms with Gasteiger partial charge in [-0.3, -0.25) is 0 Å². The quantitative estimate of drug-likeness (QED) is 0.838. The first kappa shape index (κ1) is 10.4. The lowest BCUT2D eigenvalue weighted by Gasteiger charge is -2.18. The lowest BCUT2D eigenvalue weighted by molar-refractivity contribution is 0.444. The third-order valence-electron chi connectivity index (χ3n) is 3.12. The lowest BCUT2D eigenvalue weighted by atomic mass is 9.98. The molecule has 0 aliphatic carbocycles. The zero-order chi connectivity index (χ0) is 11.5. The molecule has 1 aromatic heterocycles. The van der Waals surface area contributed by atoms with Crippen LogP contribution in [0, 0.1) is 0 Å². The zero-order valence-corrected chi connectivity index (χ0v) is 9.58. The van der Waals surface area contributed by atoms with Gasteiger partial charge in [0, 0.05) is 5.92 Å². The van der Waals surface area contributed by atoms with Crippen LogP contribution in [0.1, 0.15) is 24.6 Å². The highest BCUT2D eigenvalue weighted by Gasteiger charge is 2.19. The van der Waals surface area contributed by atoms with Gasteiger partial charge in [-0.25, -0.2) is 0 Å². The number of aromatic nitrogens is 4. The maximum absolute atomic E-state index is 4.47. The Balaban J connectivity index is 1.83. The van der Waals surface area contributed by atoms with Gasteiger partial charge >= 0.3 is 0 Å². The molecule has 1 aromatic carbocycles. The summed E-state index contributed by atoms with van der Waals surface area (Å²) in [6.45, 7) is 2.09. The summed E-state index contributed by atoms with van der Waals surface area (Å²) in [4.78, 5) is 1.61. The number of tetrazole rings is 1. The van der Waals surface area contributed by atoms with Crippen molar-refractivity contribution in [3.05, 3.63) is 36.2 Å². The number of nitrogens with one attached hydrogen (secondary N) is 1. The number of benzene rings is 1. The van der Waals surface area contributed by atoms with Crippen LogP contribution in [0.2, 0.25) is 0 Å². The third-order valence-corrected chi connectivity index (χ3v) is 3.12. The van der Waals surface area contributed by atoms with E-state index in [9.17, 15) is 0 Å². The minimum absolute atomic E-state index is 0.453. The van der Waals surface area contributed by atoms with Crippen molar-refractivity contribution >= 4 is 0 Å². The fourth-order valence-corrected chi connectivity index (χ4v) is 2.14. The van der Waals surface area contributed by atoms with Crippen molar-refractivity contribution in [3.8, 4) is 5.69 Å². The molecule has 1 fully saturated rings. The smallest absolute Gasteiger partial charge is 0.178 e. The van der Waals surface area contributed by atoms with Crippen molar-refractivity contribution in [2.75, 3.05) is 13.1 Å². The summed E-state index contributed by atoms with van der Waals surface area (Å²) in [7, 11) is 0. The van der Waals surface area contributed by atoms with Crippen molar-refractivity contribution in [2.24, 2.45) is 0 Å². The molecule has 1 aliphatic heterocycles. The number of hydrogen-bond acceptors (Lipinski definition) is 4. The molecular weight excluding hydrogens is 214 g/mol. The fourth-order valence-electron chi connectivity index (χ4n) is 2.14. The summed E-state index contributed by atoms with van der Waals surface area (Å²) in [6, 6.07) is 9.89. The van der Waals surface area contributed by atoms with Crippen LogP contribution >= 0.6 is 0 Å². The number of piperidine rings is 1. The second-order valence-electron chi connectivity index (χ2n) is 4.30. The summed E-state index contributed by atoms with van der Waals surface area (Å²) < 4.78 is 0. The molecular formula is C12H15N5. The normalized spacial score (nSPS) is 17.2. The van der Waals surface area contributed by atoms with Crippen LogP contribution in [0.25, 0.3) is 5.69 Å². The Bertz CT molecular complexity index is 473. The first-order chi connectivity index (χ1) is 8.43. The first-order valence-corrected chi connectivity index (χ1v) is 5.99. The van der Waals surface area contributed by atoms with Gasteiger partial charge in [-0.05, 0) is 43.3 Å². The monoisotopic (exact) mass is 229 g/mol. The Kier molecular flexibility index (Phi) is 2.83. The van der Waals surface area contributed by atoms with Gasteiger partial charge in [-0.15, -0.1) is 15.0 Å². The van der Waals surface area contributed by atoms with Crippen LogP contribution in [0.5, 0.6) is 0 Å². The maximum atomic E-state index is 4.47. The van der Waals surface area contributed by atoms with Crippen LogP contribution in [0.4, 0.5) is 0 Å². The SMILES string of the molecule is c1ccc(-n2nnc(C3CCNCC3)n2)cc1. The van der Waals surface area contributed by atoms with Gasteiger partial charge in [0.05, 0.1) is 5.69 Å². The van der Waals surface area contributed by atoms with Crippen molar-refractivity contribution in [1.82, 2.24) is 25.5 Å². The minimum atomic E-state index is 0.453. The summed E-state index contributed by atoms with van der Waals surface area (Å²) in [5, 5.41) is 16.1. The van der Waals surface area contributed by atoms with Crippen LogP contribution < -0.4 is 5.32 Å². The van der Waals surface area contributed by atoms with Gasteiger partial charge in [0.2, 0.25) is 0 Å². The molecule has 1 aliphatic rings. The van der Waals surface area contributed by atoms with E-state index in [0.29, 0.717) is 5.92 Å². The second kappa shape index (κ2) is 4.63. The van der Waals surface area contributed by atoms with E-state index in [-0.39, 0.29) is 0 Å². The molecule has 88 valence electrons. The Morgan fingerprint density at radius 3 is 2.65 bits per heavy atom. The molecule has 5 nitrogen and oxygen atoms in total. The molecule has 0 spiro atoms. The highest BCUT2D eigenvalue weighted by atomic mass is 15.6. The van der Waals surface area contributed by atoms with E-state index >= 15 is 0 Å². The molecule has 1 saturated heterocycles. The van der Waals surface area contributed by atoms with Crippen molar-refractivity contribution in [3.63, 3.8) is 0 Å². The Morgan fingerprint density at radius 1 is 1.12 bits per heavy atom. The van der Waals surface area contributed by atoms with Gasteiger partial charge in [0.1, 0.15) is 0 Å². The van der Waals surface area contributed by atoms with Crippen molar-refractivity contribution in [1.29, 1.82) is 0 Å². The molecule has 0 radical (unpaired) electrons. The van der Waals surface area contributed by atoms with E-state index in [1.165, 1.54) is 0 Å². The molecule has 5 heteroatoms. The van der Waals surface area contributed by atoms with Crippen molar-refractivity contribution in [2.45, 2.75) is 18.8 Å². The standard InChI is InChI=1S/C12H15N5/c1-2-4-11(5-3-1)17-15-12(14-16-17)10-6-8-13-9-7-10/h1-5,10,13H,6-9H2. The van der Waals surface area contributed by atoms with Crippen molar-refractivity contribution < 1.29 is 0 Å². The molecule has 2 aromatic rings. The fraction of sp³-hybridized carbons (Fsp3) is 0.417. The van der Waals surface area contributed by atoms with Gasteiger partial charge in [0.25, 0.3) is 0 Å². The van der Waals surface area contributed by atoms with Gasteiger partial charge < -0.3 is 5.32 Å². The molecule has 3 rings (SSSR count). The highest BCUT2D eigenvalue weighted by Crippen LogP contribution is 2.21. The number of nitrogens with zero attached hydrogens (tertiary/aromatic N) is 4. The van der Waals surface area contributed by atoms with E-state index in [2.05, 4.69) is 20.7 Å². The predicted molar refractivity (Wildman–Crippen MR) is 64.0 cm³/mol. The van der Waals surface area contributed by atoms with Crippen LogP contribution in [0.15, 0.2) is 30.3 Å². The Morgan fingerprint density at radius 2 is 1.88 bits per heavy atom. The zero-order valence-electron chi connectivity index (χ0n) is 9.58. The molecule has 17 heavy (non-hydrogen) atoms. The number of para-hydroxylation sites is 1. The molecule has 2 heterocycles. The highest BCUT2D eigenvalue weighted by molar-refractivity contribution is 5.28. The summed E-state index contributed by atoms with van der Waals surface area (Å²) in [5.74, 6) is 1.32. The largest absolute Gasteiger partial charge is 0.317 e. The Hall–Kier alpha value is -1.75. The lowest BCUT2D eigenvalue weighted by Crippen LogP contribution is -2.27. The summed E-state index contributed by atoms with van der Waals surface area (Å²) >= 11 is 0. The predicted octanol–water partition coefficient (Wildman–Crippen LogP) is 1.13. The summed E-state index contributed by atoms with van der Waals surface area (Å²) in [5.41, 5.74) is 0.959. The van der Waals surface area contributed by atoms with E-state index < -0.39 is 0 Å². The average molecular weight is 229 g/mol. The van der Waals surface area contributed by atoms with Gasteiger partial charge in [0.15, 0.2) is 5.82 Å². The molecule has 0 bridgehead atoms. The van der Waals surface area contributed by atoms with E-state index in [1.54, 1.807) is 4.80 Å². The second-order valence-corrected chi connectivity index (χ2v) is 4.30. The molecule has 0 saturated carbocycles. The average Bonchev–Trinajstić information content (AvgIpc) is 2.90. The number of rotatable bonds is 2. The van der Waals surface area contributed by atoms with Gasteiger partial charge in [-0.2, -0.15) is 0 Å². The minimum Gasteiger partial charge on any atom is -0.317 e. The van der Waals surface area contributed by atoms with E-state index in [4.69, 9.17) is 0 Å². The van der Waals surface area contributed by atoms with E-state index in [0.717, 1.165) is 37.4 Å². The van der Waals surface area contributed by atoms with Gasteiger partial charge in [-0.1, -0.05) is 18.2 Å². The molecule has 0 amide bonds. The van der Waals surface area contributed by atoms with Crippen LogP contribution in [0.3, 0.4) is 0 Å². The summed E-state index contributed by atoms with van der Waals surface area (Å²) in [6.07, 6.45) is 2.20. The van der Waals surface area contributed by atoms with E-state index in [1.807, 2.05) is 30.3 Å². The molecule has 0 unspecified atom stereocenters.